The van der Waals surface area contributed by atoms with Gasteiger partial charge in [-0.3, -0.25) is 19.6 Å². The molecule has 3 aromatic rings. The standard InChI is InChI=1S/C25H29N5O/c31-25-21-11-15-30(18-23(21)27-24(28-25)22-8-4-5-12-26-22)17-20-9-13-29(14-10-20)16-19-6-2-1-3-7-19/h1-8,12,20H,9-11,13-18H2,(H,27,28,31). The minimum Gasteiger partial charge on any atom is -0.305 e. The number of piperidine rings is 1. The van der Waals surface area contributed by atoms with E-state index >= 15 is 0 Å². The topological polar surface area (TPSA) is 65.1 Å². The van der Waals surface area contributed by atoms with Crippen molar-refractivity contribution in [1.82, 2.24) is 24.8 Å². The number of fused-ring (bicyclic) bond motifs is 1. The summed E-state index contributed by atoms with van der Waals surface area (Å²) in [4.78, 5) is 29.7. The molecule has 6 nitrogen and oxygen atoms in total. The number of pyridine rings is 1. The molecular weight excluding hydrogens is 386 g/mol. The van der Waals surface area contributed by atoms with E-state index in [0.29, 0.717) is 17.4 Å². The number of hydrogen-bond acceptors (Lipinski definition) is 5. The maximum absolute atomic E-state index is 12.6. The highest BCUT2D eigenvalue weighted by Crippen LogP contribution is 2.23. The molecule has 4 heterocycles. The van der Waals surface area contributed by atoms with E-state index in [-0.39, 0.29) is 5.56 Å². The first-order chi connectivity index (χ1) is 15.2. The molecule has 0 unspecified atom stereocenters. The summed E-state index contributed by atoms with van der Waals surface area (Å²) in [6.07, 6.45) is 4.97. The van der Waals surface area contributed by atoms with Crippen LogP contribution in [0.25, 0.3) is 11.5 Å². The van der Waals surface area contributed by atoms with Crippen LogP contribution in [-0.4, -0.2) is 50.9 Å². The summed E-state index contributed by atoms with van der Waals surface area (Å²) in [5.41, 5.74) is 3.85. The first-order valence-electron chi connectivity index (χ1n) is 11.3. The summed E-state index contributed by atoms with van der Waals surface area (Å²) in [6.45, 7) is 6.14. The number of likely N-dealkylation sites (tertiary alicyclic amines) is 1. The molecule has 1 saturated heterocycles. The quantitative estimate of drug-likeness (QED) is 0.694. The number of hydrogen-bond donors (Lipinski definition) is 1. The van der Waals surface area contributed by atoms with Crippen molar-refractivity contribution in [3.8, 4) is 11.5 Å². The lowest BCUT2D eigenvalue weighted by molar-refractivity contribution is 0.131. The zero-order valence-electron chi connectivity index (χ0n) is 17.8. The SMILES string of the molecule is O=c1[nH]c(-c2ccccn2)nc2c1CCN(CC1CCN(Cc3ccccc3)CC1)C2. The maximum Gasteiger partial charge on any atom is 0.254 e. The Kier molecular flexibility index (Phi) is 5.91. The molecule has 0 saturated carbocycles. The Labute approximate surface area is 183 Å². The number of aromatic amines is 1. The number of nitrogens with one attached hydrogen (secondary N) is 1. The molecule has 2 aliphatic rings. The minimum atomic E-state index is -0.0143. The second-order valence-corrected chi connectivity index (χ2v) is 8.74. The fraction of sp³-hybridized carbons (Fsp3) is 0.400. The van der Waals surface area contributed by atoms with E-state index in [1.807, 2.05) is 18.2 Å². The van der Waals surface area contributed by atoms with Crippen LogP contribution in [0.1, 0.15) is 29.7 Å². The number of benzene rings is 1. The number of aromatic nitrogens is 3. The van der Waals surface area contributed by atoms with Crippen LogP contribution in [0.3, 0.4) is 0 Å². The molecule has 160 valence electrons. The largest absolute Gasteiger partial charge is 0.305 e. The highest BCUT2D eigenvalue weighted by Gasteiger charge is 2.26. The monoisotopic (exact) mass is 415 g/mol. The molecule has 0 amide bonds. The van der Waals surface area contributed by atoms with Gasteiger partial charge in [0.2, 0.25) is 0 Å². The Hall–Kier alpha value is -2.83. The predicted octanol–water partition coefficient (Wildman–Crippen LogP) is 3.10. The highest BCUT2D eigenvalue weighted by atomic mass is 16.1. The maximum atomic E-state index is 12.6. The van der Waals surface area contributed by atoms with Crippen LogP contribution in [-0.2, 0) is 19.5 Å². The van der Waals surface area contributed by atoms with Gasteiger partial charge in [0.25, 0.3) is 5.56 Å². The first kappa shape index (κ1) is 20.1. The van der Waals surface area contributed by atoms with Crippen molar-refractivity contribution in [2.24, 2.45) is 5.92 Å². The fourth-order valence-corrected chi connectivity index (χ4v) is 4.81. The summed E-state index contributed by atoms with van der Waals surface area (Å²) in [7, 11) is 0. The molecule has 0 aliphatic carbocycles. The molecule has 6 heteroatoms. The average molecular weight is 416 g/mol. The zero-order valence-corrected chi connectivity index (χ0v) is 17.8. The smallest absolute Gasteiger partial charge is 0.254 e. The molecule has 0 atom stereocenters. The van der Waals surface area contributed by atoms with Gasteiger partial charge in [-0.15, -0.1) is 0 Å². The lowest BCUT2D eigenvalue weighted by Gasteiger charge is -2.36. The van der Waals surface area contributed by atoms with Crippen LogP contribution < -0.4 is 5.56 Å². The van der Waals surface area contributed by atoms with Crippen LogP contribution in [0, 0.1) is 5.92 Å². The Bertz CT molecular complexity index is 1060. The number of rotatable bonds is 5. The van der Waals surface area contributed by atoms with E-state index in [1.54, 1.807) is 6.20 Å². The van der Waals surface area contributed by atoms with E-state index in [4.69, 9.17) is 4.98 Å². The summed E-state index contributed by atoms with van der Waals surface area (Å²) in [6, 6.07) is 16.4. The molecule has 31 heavy (non-hydrogen) atoms. The van der Waals surface area contributed by atoms with Gasteiger partial charge in [0.15, 0.2) is 5.82 Å². The third-order valence-electron chi connectivity index (χ3n) is 6.53. The van der Waals surface area contributed by atoms with Crippen molar-refractivity contribution in [1.29, 1.82) is 0 Å². The summed E-state index contributed by atoms with van der Waals surface area (Å²) < 4.78 is 0. The van der Waals surface area contributed by atoms with Crippen LogP contribution in [0.2, 0.25) is 0 Å². The Morgan fingerprint density at radius 1 is 0.968 bits per heavy atom. The number of H-pyrrole nitrogens is 1. The number of nitrogens with zero attached hydrogens (tertiary/aromatic N) is 4. The van der Waals surface area contributed by atoms with Crippen molar-refractivity contribution in [2.45, 2.75) is 32.4 Å². The van der Waals surface area contributed by atoms with E-state index in [9.17, 15) is 4.79 Å². The second-order valence-electron chi connectivity index (χ2n) is 8.74. The van der Waals surface area contributed by atoms with E-state index in [1.165, 1.54) is 18.4 Å². The average Bonchev–Trinajstić information content (AvgIpc) is 2.81. The second kappa shape index (κ2) is 9.12. The predicted molar refractivity (Wildman–Crippen MR) is 122 cm³/mol. The Morgan fingerprint density at radius 2 is 1.77 bits per heavy atom. The molecule has 2 aromatic heterocycles. The van der Waals surface area contributed by atoms with Crippen LogP contribution >= 0.6 is 0 Å². The van der Waals surface area contributed by atoms with Crippen molar-refractivity contribution in [3.63, 3.8) is 0 Å². The van der Waals surface area contributed by atoms with Gasteiger partial charge in [-0.1, -0.05) is 36.4 Å². The molecule has 0 bridgehead atoms. The molecule has 0 radical (unpaired) electrons. The van der Waals surface area contributed by atoms with E-state index in [2.05, 4.69) is 50.1 Å². The van der Waals surface area contributed by atoms with Gasteiger partial charge in [0.1, 0.15) is 5.69 Å². The van der Waals surface area contributed by atoms with Gasteiger partial charge in [-0.2, -0.15) is 0 Å². The van der Waals surface area contributed by atoms with Gasteiger partial charge < -0.3 is 4.98 Å². The molecule has 1 N–H and O–H groups in total. The summed E-state index contributed by atoms with van der Waals surface area (Å²) >= 11 is 0. The van der Waals surface area contributed by atoms with Gasteiger partial charge >= 0.3 is 0 Å². The zero-order chi connectivity index (χ0) is 21.0. The fourth-order valence-electron chi connectivity index (χ4n) is 4.81. The molecule has 1 fully saturated rings. The Morgan fingerprint density at radius 3 is 2.55 bits per heavy atom. The Balaban J connectivity index is 1.20. The van der Waals surface area contributed by atoms with Crippen LogP contribution in [0.5, 0.6) is 0 Å². The van der Waals surface area contributed by atoms with E-state index in [0.717, 1.165) is 56.9 Å². The van der Waals surface area contributed by atoms with Crippen molar-refractivity contribution in [2.75, 3.05) is 26.2 Å². The van der Waals surface area contributed by atoms with E-state index < -0.39 is 0 Å². The highest BCUT2D eigenvalue weighted by molar-refractivity contribution is 5.49. The van der Waals surface area contributed by atoms with Gasteiger partial charge in [0.05, 0.1) is 5.69 Å². The van der Waals surface area contributed by atoms with Crippen molar-refractivity contribution < 1.29 is 0 Å². The summed E-state index contributed by atoms with van der Waals surface area (Å²) in [5, 5.41) is 0. The van der Waals surface area contributed by atoms with Gasteiger partial charge in [-0.25, -0.2) is 4.98 Å². The summed E-state index contributed by atoms with van der Waals surface area (Å²) in [5.74, 6) is 1.28. The van der Waals surface area contributed by atoms with Gasteiger partial charge in [-0.05, 0) is 56.0 Å². The van der Waals surface area contributed by atoms with Crippen molar-refractivity contribution >= 4 is 0 Å². The van der Waals surface area contributed by atoms with Crippen molar-refractivity contribution in [3.05, 3.63) is 81.9 Å². The molecular formula is C25H29N5O. The normalized spacial score (nSPS) is 18.1. The third kappa shape index (κ3) is 4.75. The third-order valence-corrected chi connectivity index (χ3v) is 6.53. The molecule has 0 spiro atoms. The lowest BCUT2D eigenvalue weighted by Crippen LogP contribution is -2.41. The van der Waals surface area contributed by atoms with Crippen LogP contribution in [0.4, 0.5) is 0 Å². The minimum absolute atomic E-state index is 0.0143. The lowest BCUT2D eigenvalue weighted by atomic mass is 9.94. The molecule has 1 aromatic carbocycles. The first-order valence-corrected chi connectivity index (χ1v) is 11.3. The van der Waals surface area contributed by atoms with Gasteiger partial charge in [0, 0.05) is 37.9 Å². The van der Waals surface area contributed by atoms with Crippen LogP contribution in [0.15, 0.2) is 59.5 Å². The molecule has 5 rings (SSSR count). The molecule has 2 aliphatic heterocycles.